The summed E-state index contributed by atoms with van der Waals surface area (Å²) in [6.45, 7) is 4.61. The maximum absolute atomic E-state index is 12.7. The molecule has 1 saturated heterocycles. The fourth-order valence-corrected chi connectivity index (χ4v) is 4.03. The second kappa shape index (κ2) is 10.3. The minimum atomic E-state index is -0.215. The van der Waals surface area contributed by atoms with Crippen LogP contribution in [0.4, 0.5) is 11.4 Å². The first-order chi connectivity index (χ1) is 15.2. The van der Waals surface area contributed by atoms with Crippen LogP contribution in [0.5, 0.6) is 0 Å². The SMILES string of the molecule is O=C(Nc1ccc(CCN2CCOCC2)cc1)c1cccc(NC(=O)c2cccs2)c1. The van der Waals surface area contributed by atoms with Gasteiger partial charge in [-0.05, 0) is 53.8 Å². The maximum Gasteiger partial charge on any atom is 0.265 e. The predicted octanol–water partition coefficient (Wildman–Crippen LogP) is 4.13. The summed E-state index contributed by atoms with van der Waals surface area (Å²) in [5.41, 5.74) is 3.06. The first-order valence-electron chi connectivity index (χ1n) is 10.3. The van der Waals surface area contributed by atoms with Gasteiger partial charge in [0.25, 0.3) is 11.8 Å². The zero-order valence-corrected chi connectivity index (χ0v) is 18.0. The van der Waals surface area contributed by atoms with Crippen molar-refractivity contribution in [3.63, 3.8) is 0 Å². The highest BCUT2D eigenvalue weighted by Crippen LogP contribution is 2.17. The Morgan fingerprint density at radius 3 is 2.42 bits per heavy atom. The van der Waals surface area contributed by atoms with Crippen molar-refractivity contribution in [2.75, 3.05) is 43.5 Å². The van der Waals surface area contributed by atoms with E-state index in [1.165, 1.54) is 16.9 Å². The van der Waals surface area contributed by atoms with E-state index in [9.17, 15) is 9.59 Å². The highest BCUT2D eigenvalue weighted by atomic mass is 32.1. The van der Waals surface area contributed by atoms with E-state index in [0.29, 0.717) is 16.1 Å². The minimum absolute atomic E-state index is 0.180. The largest absolute Gasteiger partial charge is 0.379 e. The molecule has 0 radical (unpaired) electrons. The lowest BCUT2D eigenvalue weighted by Crippen LogP contribution is -2.37. The quantitative estimate of drug-likeness (QED) is 0.586. The monoisotopic (exact) mass is 435 g/mol. The van der Waals surface area contributed by atoms with Gasteiger partial charge in [0.2, 0.25) is 0 Å². The predicted molar refractivity (Wildman–Crippen MR) is 124 cm³/mol. The molecule has 4 rings (SSSR count). The Hall–Kier alpha value is -3.00. The van der Waals surface area contributed by atoms with Gasteiger partial charge in [0.05, 0.1) is 18.1 Å². The lowest BCUT2D eigenvalue weighted by molar-refractivity contribution is 0.0384. The summed E-state index contributed by atoms with van der Waals surface area (Å²) in [6, 6.07) is 18.5. The molecule has 1 aliphatic rings. The van der Waals surface area contributed by atoms with Crippen LogP contribution in [-0.4, -0.2) is 49.6 Å². The van der Waals surface area contributed by atoms with E-state index in [1.54, 1.807) is 30.3 Å². The van der Waals surface area contributed by atoms with Crippen molar-refractivity contribution in [1.82, 2.24) is 4.90 Å². The van der Waals surface area contributed by atoms with Crippen LogP contribution < -0.4 is 10.6 Å². The number of morpholine rings is 1. The number of carbonyl (C=O) groups is 2. The summed E-state index contributed by atoms with van der Waals surface area (Å²) in [5, 5.41) is 7.61. The molecule has 1 aromatic heterocycles. The lowest BCUT2D eigenvalue weighted by Gasteiger charge is -2.26. The average Bonchev–Trinajstić information content (AvgIpc) is 3.35. The van der Waals surface area contributed by atoms with Crippen molar-refractivity contribution in [1.29, 1.82) is 0 Å². The number of hydrogen-bond acceptors (Lipinski definition) is 5. The number of hydrogen-bond donors (Lipinski definition) is 2. The lowest BCUT2D eigenvalue weighted by atomic mass is 10.1. The summed E-state index contributed by atoms with van der Waals surface area (Å²) < 4.78 is 5.38. The molecule has 1 fully saturated rings. The summed E-state index contributed by atoms with van der Waals surface area (Å²) in [4.78, 5) is 27.9. The molecule has 160 valence electrons. The van der Waals surface area contributed by atoms with Gasteiger partial charge in [0, 0.05) is 36.6 Å². The Kier molecular flexibility index (Phi) is 7.09. The average molecular weight is 436 g/mol. The summed E-state index contributed by atoms with van der Waals surface area (Å²) in [5.74, 6) is -0.395. The smallest absolute Gasteiger partial charge is 0.265 e. The summed E-state index contributed by atoms with van der Waals surface area (Å²) >= 11 is 1.38. The number of anilines is 2. The van der Waals surface area contributed by atoms with Gasteiger partial charge in [-0.15, -0.1) is 11.3 Å². The number of thiophene rings is 1. The number of benzene rings is 2. The summed E-state index contributed by atoms with van der Waals surface area (Å²) in [6.07, 6.45) is 0.972. The number of nitrogens with one attached hydrogen (secondary N) is 2. The third-order valence-corrected chi connectivity index (χ3v) is 6.03. The molecule has 0 bridgehead atoms. The molecule has 3 aromatic rings. The first kappa shape index (κ1) is 21.2. The second-order valence-electron chi connectivity index (χ2n) is 7.37. The molecule has 31 heavy (non-hydrogen) atoms. The van der Waals surface area contributed by atoms with E-state index >= 15 is 0 Å². The maximum atomic E-state index is 12.7. The minimum Gasteiger partial charge on any atom is -0.379 e. The number of nitrogens with zero attached hydrogens (tertiary/aromatic N) is 1. The number of rotatable bonds is 7. The Morgan fingerprint density at radius 2 is 1.68 bits per heavy atom. The third-order valence-electron chi connectivity index (χ3n) is 5.16. The second-order valence-corrected chi connectivity index (χ2v) is 8.31. The highest BCUT2D eigenvalue weighted by Gasteiger charge is 2.12. The van der Waals surface area contributed by atoms with Crippen molar-refractivity contribution < 1.29 is 14.3 Å². The van der Waals surface area contributed by atoms with E-state index in [-0.39, 0.29) is 11.8 Å². The molecule has 0 atom stereocenters. The molecule has 0 aliphatic carbocycles. The number of carbonyl (C=O) groups excluding carboxylic acids is 2. The molecule has 0 unspecified atom stereocenters. The van der Waals surface area contributed by atoms with Crippen LogP contribution in [0.25, 0.3) is 0 Å². The van der Waals surface area contributed by atoms with Gasteiger partial charge in [0.1, 0.15) is 0 Å². The molecule has 2 N–H and O–H groups in total. The van der Waals surface area contributed by atoms with Crippen molar-refractivity contribution in [2.45, 2.75) is 6.42 Å². The molecular formula is C24H25N3O3S. The van der Waals surface area contributed by atoms with E-state index < -0.39 is 0 Å². The molecule has 0 spiro atoms. The number of ether oxygens (including phenoxy) is 1. The van der Waals surface area contributed by atoms with Crippen LogP contribution in [-0.2, 0) is 11.2 Å². The molecule has 2 aromatic carbocycles. The molecule has 7 heteroatoms. The molecule has 2 amide bonds. The zero-order chi connectivity index (χ0) is 21.5. The van der Waals surface area contributed by atoms with Crippen LogP contribution in [0.3, 0.4) is 0 Å². The Bertz CT molecular complexity index is 1010. The van der Waals surface area contributed by atoms with E-state index in [1.807, 2.05) is 35.7 Å². The Labute approximate surface area is 185 Å². The highest BCUT2D eigenvalue weighted by molar-refractivity contribution is 7.12. The van der Waals surface area contributed by atoms with Crippen LogP contribution in [0.15, 0.2) is 66.0 Å². The van der Waals surface area contributed by atoms with Crippen LogP contribution in [0.2, 0.25) is 0 Å². The molecule has 0 saturated carbocycles. The van der Waals surface area contributed by atoms with Gasteiger partial charge in [-0.2, -0.15) is 0 Å². The van der Waals surface area contributed by atoms with Gasteiger partial charge < -0.3 is 15.4 Å². The fraction of sp³-hybridized carbons (Fsp3) is 0.250. The van der Waals surface area contributed by atoms with Crippen LogP contribution >= 0.6 is 11.3 Å². The molecule has 6 nitrogen and oxygen atoms in total. The van der Waals surface area contributed by atoms with Crippen molar-refractivity contribution >= 4 is 34.5 Å². The van der Waals surface area contributed by atoms with E-state index in [4.69, 9.17) is 4.74 Å². The Morgan fingerprint density at radius 1 is 0.903 bits per heavy atom. The zero-order valence-electron chi connectivity index (χ0n) is 17.2. The standard InChI is InChI=1S/C24H25N3O3S/c28-23(19-3-1-4-21(17-19)26-24(29)22-5-2-16-31-22)25-20-8-6-18(7-9-20)10-11-27-12-14-30-15-13-27/h1-9,16-17H,10-15H2,(H,25,28)(H,26,29). The van der Waals surface area contributed by atoms with Gasteiger partial charge in [-0.3, -0.25) is 14.5 Å². The van der Waals surface area contributed by atoms with E-state index in [2.05, 4.69) is 15.5 Å². The van der Waals surface area contributed by atoms with E-state index in [0.717, 1.165) is 45.0 Å². The topological polar surface area (TPSA) is 70.7 Å². The van der Waals surface area contributed by atoms with Crippen molar-refractivity contribution in [2.24, 2.45) is 0 Å². The van der Waals surface area contributed by atoms with Crippen molar-refractivity contribution in [3.05, 3.63) is 82.0 Å². The molecule has 2 heterocycles. The first-order valence-corrected chi connectivity index (χ1v) is 11.2. The third kappa shape index (κ3) is 6.01. The van der Waals surface area contributed by atoms with Gasteiger partial charge in [-0.1, -0.05) is 24.3 Å². The van der Waals surface area contributed by atoms with Gasteiger partial charge in [-0.25, -0.2) is 0 Å². The number of amides is 2. The summed E-state index contributed by atoms with van der Waals surface area (Å²) in [7, 11) is 0. The molecule has 1 aliphatic heterocycles. The van der Waals surface area contributed by atoms with Gasteiger partial charge >= 0.3 is 0 Å². The Balaban J connectivity index is 1.32. The van der Waals surface area contributed by atoms with Crippen LogP contribution in [0.1, 0.15) is 25.6 Å². The van der Waals surface area contributed by atoms with Gasteiger partial charge in [0.15, 0.2) is 0 Å². The van der Waals surface area contributed by atoms with Crippen molar-refractivity contribution in [3.8, 4) is 0 Å². The normalized spacial score (nSPS) is 14.2. The fourth-order valence-electron chi connectivity index (χ4n) is 3.41. The molecular weight excluding hydrogens is 410 g/mol. The van der Waals surface area contributed by atoms with Crippen LogP contribution in [0, 0.1) is 0 Å².